The molecule has 0 bridgehead atoms. The number of nitrogens with one attached hydrogen (secondary N) is 1. The van der Waals surface area contributed by atoms with Crippen LogP contribution in [0.4, 0.5) is 10.1 Å². The van der Waals surface area contributed by atoms with Crippen LogP contribution in [0, 0.1) is 12.7 Å². The molecule has 1 unspecified atom stereocenters. The van der Waals surface area contributed by atoms with Crippen LogP contribution in [0.3, 0.4) is 0 Å². The second kappa shape index (κ2) is 6.02. The summed E-state index contributed by atoms with van der Waals surface area (Å²) in [6.45, 7) is 4.05. The van der Waals surface area contributed by atoms with E-state index in [2.05, 4.69) is 17.2 Å². The molecule has 0 radical (unpaired) electrons. The number of benzene rings is 1. The molecule has 0 saturated carbocycles. The van der Waals surface area contributed by atoms with Gasteiger partial charge in [-0.1, -0.05) is 23.7 Å². The first-order valence-electron chi connectivity index (χ1n) is 6.18. The van der Waals surface area contributed by atoms with Crippen molar-refractivity contribution in [3.05, 3.63) is 58.6 Å². The Labute approximate surface area is 117 Å². The molecular weight excluding hydrogens is 263 g/mol. The van der Waals surface area contributed by atoms with E-state index in [0.29, 0.717) is 5.15 Å². The Kier molecular flexibility index (Phi) is 4.38. The van der Waals surface area contributed by atoms with Crippen LogP contribution < -0.4 is 5.32 Å². The molecule has 1 aromatic heterocycles. The van der Waals surface area contributed by atoms with Gasteiger partial charge in [-0.3, -0.25) is 0 Å². The highest BCUT2D eigenvalue weighted by Crippen LogP contribution is 2.24. The zero-order valence-electron chi connectivity index (χ0n) is 11.0. The molecule has 4 heteroatoms. The number of aromatic nitrogens is 1. The average Bonchev–Trinajstić information content (AvgIpc) is 2.37. The van der Waals surface area contributed by atoms with Crippen LogP contribution >= 0.6 is 11.6 Å². The van der Waals surface area contributed by atoms with Gasteiger partial charge in [0, 0.05) is 12.2 Å². The fourth-order valence-electron chi connectivity index (χ4n) is 1.97. The van der Waals surface area contributed by atoms with E-state index in [0.717, 1.165) is 23.2 Å². The highest BCUT2D eigenvalue weighted by molar-refractivity contribution is 6.32. The number of hydrogen-bond donors (Lipinski definition) is 1. The highest BCUT2D eigenvalue weighted by atomic mass is 35.5. The van der Waals surface area contributed by atoms with E-state index in [1.807, 2.05) is 13.0 Å². The molecule has 0 amide bonds. The summed E-state index contributed by atoms with van der Waals surface area (Å²) in [5, 5.41) is 3.83. The van der Waals surface area contributed by atoms with Gasteiger partial charge >= 0.3 is 0 Å². The molecule has 0 aliphatic heterocycles. The molecule has 2 aromatic rings. The zero-order chi connectivity index (χ0) is 13.8. The molecule has 0 aliphatic carbocycles. The van der Waals surface area contributed by atoms with Gasteiger partial charge in [-0.2, -0.15) is 0 Å². The predicted octanol–water partition coefficient (Wildman–Crippen LogP) is 4.23. The second-order valence-corrected chi connectivity index (χ2v) is 5.03. The Bertz CT molecular complexity index is 534. The SMILES string of the molecule is Cc1ccnc(Cl)c1NC(C)Cc1ccc(F)cc1. The summed E-state index contributed by atoms with van der Waals surface area (Å²) in [5.41, 5.74) is 3.00. The Balaban J connectivity index is 2.05. The van der Waals surface area contributed by atoms with Crippen molar-refractivity contribution in [3.63, 3.8) is 0 Å². The molecule has 1 atom stereocenters. The molecule has 1 aromatic carbocycles. The number of hydrogen-bond acceptors (Lipinski definition) is 2. The number of pyridine rings is 1. The normalized spacial score (nSPS) is 12.2. The Morgan fingerprint density at radius 3 is 2.58 bits per heavy atom. The van der Waals surface area contributed by atoms with E-state index in [1.165, 1.54) is 12.1 Å². The van der Waals surface area contributed by atoms with E-state index in [4.69, 9.17) is 11.6 Å². The van der Waals surface area contributed by atoms with E-state index in [-0.39, 0.29) is 11.9 Å². The summed E-state index contributed by atoms with van der Waals surface area (Å²) in [6, 6.07) is 8.65. The first kappa shape index (κ1) is 13.8. The van der Waals surface area contributed by atoms with Crippen LogP contribution in [0.2, 0.25) is 5.15 Å². The van der Waals surface area contributed by atoms with Crippen molar-refractivity contribution < 1.29 is 4.39 Å². The van der Waals surface area contributed by atoms with Gasteiger partial charge < -0.3 is 5.32 Å². The predicted molar refractivity (Wildman–Crippen MR) is 77.2 cm³/mol. The number of halogens is 2. The third-order valence-corrected chi connectivity index (χ3v) is 3.25. The lowest BCUT2D eigenvalue weighted by Crippen LogP contribution is -2.19. The lowest BCUT2D eigenvalue weighted by Gasteiger charge is -2.17. The van der Waals surface area contributed by atoms with Gasteiger partial charge in [0.05, 0.1) is 5.69 Å². The largest absolute Gasteiger partial charge is 0.380 e. The zero-order valence-corrected chi connectivity index (χ0v) is 11.7. The van der Waals surface area contributed by atoms with Crippen molar-refractivity contribution in [1.82, 2.24) is 4.98 Å². The molecule has 2 rings (SSSR count). The molecule has 100 valence electrons. The molecule has 0 spiro atoms. The van der Waals surface area contributed by atoms with E-state index in [9.17, 15) is 4.39 Å². The molecule has 2 nitrogen and oxygen atoms in total. The minimum Gasteiger partial charge on any atom is -0.380 e. The Hall–Kier alpha value is -1.61. The van der Waals surface area contributed by atoms with E-state index >= 15 is 0 Å². The summed E-state index contributed by atoms with van der Waals surface area (Å²) in [5.74, 6) is -0.212. The molecular formula is C15H16ClFN2. The van der Waals surface area contributed by atoms with Gasteiger partial charge in [0.2, 0.25) is 0 Å². The van der Waals surface area contributed by atoms with Crippen LogP contribution in [-0.4, -0.2) is 11.0 Å². The van der Waals surface area contributed by atoms with Gasteiger partial charge in [-0.15, -0.1) is 0 Å². The van der Waals surface area contributed by atoms with E-state index in [1.54, 1.807) is 18.3 Å². The van der Waals surface area contributed by atoms with Crippen molar-refractivity contribution in [2.45, 2.75) is 26.3 Å². The first-order chi connectivity index (χ1) is 9.06. The van der Waals surface area contributed by atoms with Crippen LogP contribution in [-0.2, 0) is 6.42 Å². The van der Waals surface area contributed by atoms with Gasteiger partial charge in [-0.05, 0) is 49.6 Å². The summed E-state index contributed by atoms with van der Waals surface area (Å²) >= 11 is 6.07. The highest BCUT2D eigenvalue weighted by Gasteiger charge is 2.09. The molecule has 0 saturated heterocycles. The maximum absolute atomic E-state index is 12.8. The number of rotatable bonds is 4. The molecule has 0 aliphatic rings. The smallest absolute Gasteiger partial charge is 0.152 e. The topological polar surface area (TPSA) is 24.9 Å². The number of anilines is 1. The van der Waals surface area contributed by atoms with Crippen LogP contribution in [0.25, 0.3) is 0 Å². The average molecular weight is 279 g/mol. The third kappa shape index (κ3) is 3.67. The maximum atomic E-state index is 12.8. The monoisotopic (exact) mass is 278 g/mol. The quantitative estimate of drug-likeness (QED) is 0.847. The minimum atomic E-state index is -0.212. The summed E-state index contributed by atoms with van der Waals surface area (Å²) in [6.07, 6.45) is 2.48. The van der Waals surface area contributed by atoms with Crippen molar-refractivity contribution >= 4 is 17.3 Å². The standard InChI is InChI=1S/C15H16ClFN2/c1-10-7-8-18-15(16)14(10)19-11(2)9-12-3-5-13(17)6-4-12/h3-8,11,19H,9H2,1-2H3. The van der Waals surface area contributed by atoms with Gasteiger partial charge in [0.25, 0.3) is 0 Å². The lowest BCUT2D eigenvalue weighted by atomic mass is 10.1. The van der Waals surface area contributed by atoms with Crippen LogP contribution in [0.1, 0.15) is 18.1 Å². The fourth-order valence-corrected chi connectivity index (χ4v) is 2.23. The Morgan fingerprint density at radius 1 is 1.26 bits per heavy atom. The summed E-state index contributed by atoms with van der Waals surface area (Å²) in [4.78, 5) is 4.06. The summed E-state index contributed by atoms with van der Waals surface area (Å²) < 4.78 is 12.8. The van der Waals surface area contributed by atoms with Gasteiger partial charge in [-0.25, -0.2) is 9.37 Å². The second-order valence-electron chi connectivity index (χ2n) is 4.67. The summed E-state index contributed by atoms with van der Waals surface area (Å²) in [7, 11) is 0. The van der Waals surface area contributed by atoms with Gasteiger partial charge in [0.15, 0.2) is 5.15 Å². The fraction of sp³-hybridized carbons (Fsp3) is 0.267. The van der Waals surface area contributed by atoms with Gasteiger partial charge in [0.1, 0.15) is 5.82 Å². The van der Waals surface area contributed by atoms with Crippen LogP contribution in [0.15, 0.2) is 36.5 Å². The molecule has 19 heavy (non-hydrogen) atoms. The first-order valence-corrected chi connectivity index (χ1v) is 6.56. The molecule has 1 N–H and O–H groups in total. The minimum absolute atomic E-state index is 0.186. The molecule has 0 fully saturated rings. The van der Waals surface area contributed by atoms with Crippen molar-refractivity contribution in [3.8, 4) is 0 Å². The third-order valence-electron chi connectivity index (χ3n) is 2.96. The number of aryl methyl sites for hydroxylation is 1. The molecule has 1 heterocycles. The van der Waals surface area contributed by atoms with Crippen LogP contribution in [0.5, 0.6) is 0 Å². The Morgan fingerprint density at radius 2 is 1.95 bits per heavy atom. The lowest BCUT2D eigenvalue weighted by molar-refractivity contribution is 0.626. The van der Waals surface area contributed by atoms with E-state index < -0.39 is 0 Å². The number of nitrogens with zero attached hydrogens (tertiary/aromatic N) is 1. The maximum Gasteiger partial charge on any atom is 0.152 e. The van der Waals surface area contributed by atoms with Crippen molar-refractivity contribution in [1.29, 1.82) is 0 Å². The van der Waals surface area contributed by atoms with Crippen molar-refractivity contribution in [2.75, 3.05) is 5.32 Å². The van der Waals surface area contributed by atoms with Crippen molar-refractivity contribution in [2.24, 2.45) is 0 Å².